The average molecular weight is 257 g/mol. The highest BCUT2D eigenvalue weighted by atomic mass is 79.9. The molecule has 76 valence electrons. The second kappa shape index (κ2) is 3.19. The Kier molecular flexibility index (Phi) is 2.26. The molecule has 0 aliphatic heterocycles. The van der Waals surface area contributed by atoms with Gasteiger partial charge in [0.2, 0.25) is 0 Å². The van der Waals surface area contributed by atoms with Crippen molar-refractivity contribution < 1.29 is 0 Å². The van der Waals surface area contributed by atoms with E-state index in [4.69, 9.17) is 0 Å². The van der Waals surface area contributed by atoms with E-state index >= 15 is 0 Å². The van der Waals surface area contributed by atoms with E-state index in [2.05, 4.69) is 32.8 Å². The fourth-order valence-corrected chi connectivity index (χ4v) is 1.92. The van der Waals surface area contributed by atoms with Crippen LogP contribution in [0.4, 0.5) is 0 Å². The van der Waals surface area contributed by atoms with E-state index in [0.29, 0.717) is 4.47 Å². The summed E-state index contributed by atoms with van der Waals surface area (Å²) in [6, 6.07) is 0. The van der Waals surface area contributed by atoms with Crippen molar-refractivity contribution >= 4 is 15.9 Å². The van der Waals surface area contributed by atoms with Crippen molar-refractivity contribution in [2.45, 2.75) is 38.5 Å². The lowest BCUT2D eigenvalue weighted by molar-refractivity contribution is 0.689. The molecule has 0 unspecified atom stereocenters. The Morgan fingerprint density at radius 2 is 2.21 bits per heavy atom. The van der Waals surface area contributed by atoms with Crippen LogP contribution in [0.1, 0.15) is 38.2 Å². The molecular weight excluding hydrogens is 244 g/mol. The molecule has 0 atom stereocenters. The largest absolute Gasteiger partial charge is 0.309 e. The van der Waals surface area contributed by atoms with Gasteiger partial charge in [0.15, 0.2) is 0 Å². The van der Waals surface area contributed by atoms with Crippen LogP contribution in [0.15, 0.2) is 9.27 Å². The first-order valence-corrected chi connectivity index (χ1v) is 5.65. The smallest absolute Gasteiger partial charge is 0.265 e. The Bertz CT molecular complexity index is 421. The molecule has 1 saturated carbocycles. The minimum atomic E-state index is -0.0556. The minimum Gasteiger partial charge on any atom is -0.309 e. The number of nitrogens with zero attached hydrogens (tertiary/aromatic N) is 1. The van der Waals surface area contributed by atoms with Crippen LogP contribution in [-0.4, -0.2) is 9.97 Å². The highest BCUT2D eigenvalue weighted by Crippen LogP contribution is 2.45. The molecule has 1 aromatic heterocycles. The van der Waals surface area contributed by atoms with Crippen LogP contribution in [0.5, 0.6) is 0 Å². The first kappa shape index (κ1) is 9.90. The van der Waals surface area contributed by atoms with Crippen molar-refractivity contribution in [1.29, 1.82) is 0 Å². The van der Waals surface area contributed by atoms with Crippen LogP contribution in [0, 0.1) is 0 Å². The molecule has 4 heteroatoms. The van der Waals surface area contributed by atoms with E-state index < -0.39 is 0 Å². The molecule has 0 radical (unpaired) electrons. The lowest BCUT2D eigenvalue weighted by Crippen LogP contribution is -2.19. The Balaban J connectivity index is 2.54. The molecule has 3 nitrogen and oxygen atoms in total. The highest BCUT2D eigenvalue weighted by molar-refractivity contribution is 9.10. The summed E-state index contributed by atoms with van der Waals surface area (Å²) in [6.45, 7) is 4.14. The number of aromatic nitrogens is 2. The van der Waals surface area contributed by atoms with Crippen molar-refractivity contribution in [1.82, 2.24) is 9.97 Å². The third kappa shape index (κ3) is 1.52. The average Bonchev–Trinajstić information content (AvgIpc) is 2.89. The third-order valence-corrected chi connectivity index (χ3v) is 3.66. The Labute approximate surface area is 91.1 Å². The number of halogens is 1. The number of hydrogen-bond donors (Lipinski definition) is 1. The zero-order valence-corrected chi connectivity index (χ0v) is 9.94. The van der Waals surface area contributed by atoms with Crippen molar-refractivity contribution in [2.75, 3.05) is 0 Å². The molecule has 2 rings (SSSR count). The zero-order valence-electron chi connectivity index (χ0n) is 8.35. The van der Waals surface area contributed by atoms with E-state index in [9.17, 15) is 4.79 Å². The predicted molar refractivity (Wildman–Crippen MR) is 58.5 cm³/mol. The number of H-pyrrole nitrogens is 1. The standard InChI is InChI=1S/C10H13BrN2O/c1-3-6-7(11)8(14)13-9(12-6)10(2)4-5-10/h3-5H2,1-2H3,(H,12,13,14). The maximum atomic E-state index is 11.6. The van der Waals surface area contributed by atoms with Crippen molar-refractivity contribution in [3.63, 3.8) is 0 Å². The van der Waals surface area contributed by atoms with E-state index in [1.54, 1.807) is 0 Å². The molecule has 0 amide bonds. The van der Waals surface area contributed by atoms with Crippen molar-refractivity contribution in [3.8, 4) is 0 Å². The number of aromatic amines is 1. The Hall–Kier alpha value is -0.640. The summed E-state index contributed by atoms with van der Waals surface area (Å²) >= 11 is 3.26. The van der Waals surface area contributed by atoms with Crippen molar-refractivity contribution in [3.05, 3.63) is 26.3 Å². The van der Waals surface area contributed by atoms with E-state index in [1.807, 2.05) is 6.92 Å². The van der Waals surface area contributed by atoms with Crippen molar-refractivity contribution in [2.24, 2.45) is 0 Å². The molecule has 1 N–H and O–H groups in total. The molecular formula is C10H13BrN2O. The second-order valence-corrected chi connectivity index (χ2v) is 4.88. The topological polar surface area (TPSA) is 45.8 Å². The van der Waals surface area contributed by atoms with Gasteiger partial charge in [-0.05, 0) is 35.2 Å². The molecule has 1 aliphatic rings. The van der Waals surface area contributed by atoms with Crippen LogP contribution in [0.3, 0.4) is 0 Å². The lowest BCUT2D eigenvalue weighted by atomic mass is 10.1. The maximum Gasteiger partial charge on any atom is 0.265 e. The monoisotopic (exact) mass is 256 g/mol. The molecule has 0 spiro atoms. The van der Waals surface area contributed by atoms with E-state index in [-0.39, 0.29) is 11.0 Å². The van der Waals surface area contributed by atoms with Crippen LogP contribution in [-0.2, 0) is 11.8 Å². The van der Waals surface area contributed by atoms with Crippen LogP contribution in [0.25, 0.3) is 0 Å². The van der Waals surface area contributed by atoms with Crippen LogP contribution in [0.2, 0.25) is 0 Å². The van der Waals surface area contributed by atoms with Gasteiger partial charge >= 0.3 is 0 Å². The maximum absolute atomic E-state index is 11.6. The van der Waals surface area contributed by atoms with Gasteiger partial charge in [-0.25, -0.2) is 4.98 Å². The molecule has 1 aromatic rings. The summed E-state index contributed by atoms with van der Waals surface area (Å²) in [4.78, 5) is 18.9. The normalized spacial score (nSPS) is 18.2. The second-order valence-electron chi connectivity index (χ2n) is 4.09. The van der Waals surface area contributed by atoms with E-state index in [1.165, 1.54) is 0 Å². The van der Waals surface area contributed by atoms with Gasteiger partial charge in [0.25, 0.3) is 5.56 Å². The number of rotatable bonds is 2. The number of hydrogen-bond acceptors (Lipinski definition) is 2. The van der Waals surface area contributed by atoms with Gasteiger partial charge in [0, 0.05) is 5.41 Å². The van der Waals surface area contributed by atoms with Gasteiger partial charge in [0.1, 0.15) is 10.3 Å². The number of nitrogens with one attached hydrogen (secondary N) is 1. The number of aryl methyl sites for hydroxylation is 1. The molecule has 0 bridgehead atoms. The predicted octanol–water partition coefficient (Wildman–Crippen LogP) is 2.15. The zero-order chi connectivity index (χ0) is 10.3. The SMILES string of the molecule is CCc1nc(C2(C)CC2)[nH]c(=O)c1Br. The highest BCUT2D eigenvalue weighted by Gasteiger charge is 2.41. The summed E-state index contributed by atoms with van der Waals surface area (Å²) in [7, 11) is 0. The summed E-state index contributed by atoms with van der Waals surface area (Å²) < 4.78 is 0.577. The summed E-state index contributed by atoms with van der Waals surface area (Å²) in [5.74, 6) is 0.850. The van der Waals surface area contributed by atoms with Gasteiger partial charge in [-0.1, -0.05) is 13.8 Å². The molecule has 1 fully saturated rings. The third-order valence-electron chi connectivity index (χ3n) is 2.84. The van der Waals surface area contributed by atoms with Gasteiger partial charge in [-0.2, -0.15) is 0 Å². The Morgan fingerprint density at radius 1 is 1.57 bits per heavy atom. The quantitative estimate of drug-likeness (QED) is 0.882. The summed E-state index contributed by atoms with van der Waals surface area (Å²) in [6.07, 6.45) is 3.04. The fourth-order valence-electron chi connectivity index (χ4n) is 1.45. The van der Waals surface area contributed by atoms with Gasteiger partial charge in [0.05, 0.1) is 5.69 Å². The first-order valence-electron chi connectivity index (χ1n) is 4.86. The fraction of sp³-hybridized carbons (Fsp3) is 0.600. The first-order chi connectivity index (χ1) is 6.57. The Morgan fingerprint density at radius 3 is 2.71 bits per heavy atom. The molecule has 14 heavy (non-hydrogen) atoms. The van der Waals surface area contributed by atoms with Crippen LogP contribution < -0.4 is 5.56 Å². The minimum absolute atomic E-state index is 0.0556. The molecule has 1 aliphatic carbocycles. The van der Waals surface area contributed by atoms with Gasteiger partial charge < -0.3 is 4.98 Å². The molecule has 1 heterocycles. The summed E-state index contributed by atoms with van der Waals surface area (Å²) in [5.41, 5.74) is 0.931. The van der Waals surface area contributed by atoms with Gasteiger partial charge in [-0.3, -0.25) is 4.79 Å². The van der Waals surface area contributed by atoms with Crippen LogP contribution >= 0.6 is 15.9 Å². The van der Waals surface area contributed by atoms with Gasteiger partial charge in [-0.15, -0.1) is 0 Å². The lowest BCUT2D eigenvalue weighted by Gasteiger charge is -2.09. The van der Waals surface area contributed by atoms with E-state index in [0.717, 1.165) is 30.8 Å². The molecule has 0 aromatic carbocycles. The summed E-state index contributed by atoms with van der Waals surface area (Å²) in [5, 5.41) is 0. The molecule has 0 saturated heterocycles.